The minimum Gasteiger partial charge on any atom is -0.465 e. The maximum Gasteiger partial charge on any atom is 0.327 e. The molecule has 1 aliphatic rings. The summed E-state index contributed by atoms with van der Waals surface area (Å²) >= 11 is 0. The Morgan fingerprint density at radius 2 is 1.53 bits per heavy atom. The van der Waals surface area contributed by atoms with Crippen LogP contribution >= 0.6 is 0 Å². The smallest absolute Gasteiger partial charge is 0.327 e. The zero-order valence-electron chi connectivity index (χ0n) is 15.5. The molecule has 3 rings (SSSR count). The molecule has 0 radical (unpaired) electrons. The summed E-state index contributed by atoms with van der Waals surface area (Å²) in [6.45, 7) is 0.787. The third-order valence-electron chi connectivity index (χ3n) is 4.65. The van der Waals surface area contributed by atoms with E-state index in [0.29, 0.717) is 4.31 Å². The first kappa shape index (κ1) is 22.1. The first-order chi connectivity index (χ1) is 14.1. The highest BCUT2D eigenvalue weighted by atomic mass is 32.2. The Kier molecular flexibility index (Phi) is 5.83. The van der Waals surface area contributed by atoms with Crippen molar-refractivity contribution in [2.24, 2.45) is 0 Å². The van der Waals surface area contributed by atoms with Crippen LogP contribution in [0.4, 0.5) is 22.0 Å². The average molecular weight is 450 g/mol. The standard InChI is InChI=1S/C18H15F5N2O4S/c1-2-29-17(26)18(5-6-18)25(9-10-3-7-24-8-4-10)30(27,28)16-14(22)12(20)11(19)13(21)15(16)23/h3-4,7-8H,2,5-6,9H2,1H3. The molecule has 0 bridgehead atoms. The zero-order valence-corrected chi connectivity index (χ0v) is 16.3. The SMILES string of the molecule is CCOC(=O)C1(N(Cc2ccncc2)S(=O)(=O)c2c(F)c(F)c(F)c(F)c2F)CC1. The lowest BCUT2D eigenvalue weighted by Gasteiger charge is -2.30. The van der Waals surface area contributed by atoms with Crippen molar-refractivity contribution < 1.29 is 39.9 Å². The second-order valence-electron chi connectivity index (χ2n) is 6.52. The fraction of sp³-hybridized carbons (Fsp3) is 0.333. The summed E-state index contributed by atoms with van der Waals surface area (Å²) in [5.74, 6) is -13.3. The molecule has 2 aromatic rings. The number of hydrogen-bond donors (Lipinski definition) is 0. The fourth-order valence-electron chi connectivity index (χ4n) is 2.98. The van der Waals surface area contributed by atoms with Gasteiger partial charge in [0.15, 0.2) is 28.2 Å². The molecule has 1 saturated carbocycles. The van der Waals surface area contributed by atoms with Crippen molar-refractivity contribution in [3.8, 4) is 0 Å². The third-order valence-corrected chi connectivity index (χ3v) is 6.58. The molecule has 0 amide bonds. The number of carbonyl (C=O) groups is 1. The predicted octanol–water partition coefficient (Wildman–Crippen LogP) is 3.06. The van der Waals surface area contributed by atoms with E-state index in [-0.39, 0.29) is 25.0 Å². The number of sulfonamides is 1. The number of pyridine rings is 1. The topological polar surface area (TPSA) is 76.6 Å². The molecule has 1 aliphatic carbocycles. The van der Waals surface area contributed by atoms with Crippen LogP contribution in [-0.2, 0) is 26.1 Å². The molecular weight excluding hydrogens is 435 g/mol. The van der Waals surface area contributed by atoms with Gasteiger partial charge < -0.3 is 4.74 Å². The molecule has 1 aromatic carbocycles. The van der Waals surface area contributed by atoms with E-state index in [9.17, 15) is 35.2 Å². The quantitative estimate of drug-likeness (QED) is 0.281. The van der Waals surface area contributed by atoms with Crippen molar-refractivity contribution >= 4 is 16.0 Å². The van der Waals surface area contributed by atoms with E-state index in [1.54, 1.807) is 0 Å². The van der Waals surface area contributed by atoms with E-state index >= 15 is 0 Å². The highest BCUT2D eigenvalue weighted by molar-refractivity contribution is 7.89. The monoisotopic (exact) mass is 450 g/mol. The van der Waals surface area contributed by atoms with Crippen LogP contribution in [0.5, 0.6) is 0 Å². The van der Waals surface area contributed by atoms with E-state index in [4.69, 9.17) is 4.74 Å². The number of hydrogen-bond acceptors (Lipinski definition) is 5. The Labute approximate surface area is 168 Å². The second-order valence-corrected chi connectivity index (χ2v) is 8.32. The van der Waals surface area contributed by atoms with Crippen LogP contribution in [0.25, 0.3) is 0 Å². The lowest BCUT2D eigenvalue weighted by Crippen LogP contribution is -2.48. The van der Waals surface area contributed by atoms with Gasteiger partial charge in [-0.15, -0.1) is 0 Å². The van der Waals surface area contributed by atoms with Crippen molar-refractivity contribution in [3.05, 3.63) is 59.2 Å². The van der Waals surface area contributed by atoms with Gasteiger partial charge in [-0.3, -0.25) is 9.78 Å². The number of aromatic nitrogens is 1. The summed E-state index contributed by atoms with van der Waals surface area (Å²) in [6, 6.07) is 2.75. The molecule has 0 N–H and O–H groups in total. The molecule has 0 unspecified atom stereocenters. The molecule has 12 heteroatoms. The summed E-state index contributed by atoms with van der Waals surface area (Å²) in [4.78, 5) is 14.2. The van der Waals surface area contributed by atoms with Crippen molar-refractivity contribution in [2.75, 3.05) is 6.61 Å². The summed E-state index contributed by atoms with van der Waals surface area (Å²) in [7, 11) is -5.37. The Hall–Kier alpha value is -2.60. The summed E-state index contributed by atoms with van der Waals surface area (Å²) in [5.41, 5.74) is -1.55. The van der Waals surface area contributed by atoms with Gasteiger partial charge in [0.25, 0.3) is 10.0 Å². The van der Waals surface area contributed by atoms with Gasteiger partial charge in [-0.2, -0.15) is 4.31 Å². The number of nitrogens with zero attached hydrogens (tertiary/aromatic N) is 2. The minimum atomic E-state index is -5.37. The van der Waals surface area contributed by atoms with Gasteiger partial charge in [0.1, 0.15) is 5.54 Å². The molecule has 1 aromatic heterocycles. The van der Waals surface area contributed by atoms with Gasteiger partial charge in [-0.25, -0.2) is 30.4 Å². The van der Waals surface area contributed by atoms with E-state index in [0.717, 1.165) is 0 Å². The number of carbonyl (C=O) groups excluding carboxylic acids is 1. The normalized spacial score (nSPS) is 15.3. The first-order valence-electron chi connectivity index (χ1n) is 8.68. The molecule has 0 aliphatic heterocycles. The lowest BCUT2D eigenvalue weighted by molar-refractivity contribution is -0.149. The second kappa shape index (κ2) is 7.91. The van der Waals surface area contributed by atoms with E-state index < -0.39 is 62.1 Å². The summed E-state index contributed by atoms with van der Waals surface area (Å²) < 4.78 is 101. The van der Waals surface area contributed by atoms with Gasteiger partial charge >= 0.3 is 5.97 Å². The van der Waals surface area contributed by atoms with E-state index in [1.807, 2.05) is 0 Å². The largest absolute Gasteiger partial charge is 0.465 e. The van der Waals surface area contributed by atoms with Crippen LogP contribution in [0.15, 0.2) is 29.4 Å². The third kappa shape index (κ3) is 3.54. The van der Waals surface area contributed by atoms with Crippen LogP contribution in [0.3, 0.4) is 0 Å². The zero-order chi connectivity index (χ0) is 22.3. The summed E-state index contributed by atoms with van der Waals surface area (Å²) in [6.07, 6.45) is 2.52. The van der Waals surface area contributed by atoms with Crippen molar-refractivity contribution in [1.29, 1.82) is 0 Å². The van der Waals surface area contributed by atoms with Crippen LogP contribution in [0.1, 0.15) is 25.3 Å². The number of halogens is 5. The van der Waals surface area contributed by atoms with Crippen LogP contribution in [-0.4, -0.2) is 35.8 Å². The lowest BCUT2D eigenvalue weighted by atomic mass is 10.2. The maximum absolute atomic E-state index is 14.3. The number of esters is 1. The molecule has 1 fully saturated rings. The fourth-order valence-corrected chi connectivity index (χ4v) is 4.87. The summed E-state index contributed by atoms with van der Waals surface area (Å²) in [5, 5.41) is 0. The predicted molar refractivity (Wildman–Crippen MR) is 91.8 cm³/mol. The number of benzene rings is 1. The van der Waals surface area contributed by atoms with Gasteiger partial charge in [-0.1, -0.05) is 0 Å². The van der Waals surface area contributed by atoms with Gasteiger partial charge in [0, 0.05) is 18.9 Å². The number of ether oxygens (including phenoxy) is 1. The van der Waals surface area contributed by atoms with Crippen molar-refractivity contribution in [3.63, 3.8) is 0 Å². The molecule has 1 heterocycles. The maximum atomic E-state index is 14.3. The molecular formula is C18H15F5N2O4S. The van der Waals surface area contributed by atoms with Crippen molar-refractivity contribution in [2.45, 2.75) is 36.7 Å². The van der Waals surface area contributed by atoms with Gasteiger partial charge in [0.2, 0.25) is 5.82 Å². The highest BCUT2D eigenvalue weighted by Gasteiger charge is 2.61. The Morgan fingerprint density at radius 1 is 1.03 bits per heavy atom. The van der Waals surface area contributed by atoms with Crippen LogP contribution < -0.4 is 0 Å². The van der Waals surface area contributed by atoms with E-state index in [1.165, 1.54) is 31.5 Å². The van der Waals surface area contributed by atoms with E-state index in [2.05, 4.69) is 4.98 Å². The Morgan fingerprint density at radius 3 is 2.00 bits per heavy atom. The Balaban J connectivity index is 2.21. The van der Waals surface area contributed by atoms with Gasteiger partial charge in [-0.05, 0) is 37.5 Å². The first-order valence-corrected chi connectivity index (χ1v) is 10.1. The molecule has 0 spiro atoms. The minimum absolute atomic E-state index is 0.0501. The van der Waals surface area contributed by atoms with Crippen molar-refractivity contribution in [1.82, 2.24) is 9.29 Å². The van der Waals surface area contributed by atoms with Gasteiger partial charge in [0.05, 0.1) is 6.61 Å². The molecule has 30 heavy (non-hydrogen) atoms. The average Bonchev–Trinajstić information content (AvgIpc) is 3.51. The number of rotatable bonds is 7. The van der Waals surface area contributed by atoms with Crippen LogP contribution in [0.2, 0.25) is 0 Å². The Bertz CT molecular complexity index is 1060. The highest BCUT2D eigenvalue weighted by Crippen LogP contribution is 2.47. The molecule has 0 saturated heterocycles. The molecule has 0 atom stereocenters. The molecule has 162 valence electrons. The van der Waals surface area contributed by atoms with Crippen LogP contribution in [0, 0.1) is 29.1 Å². The molecule has 6 nitrogen and oxygen atoms in total.